The molecule has 2 amide bonds. The molecule has 1 aromatic rings. The third-order valence-electron chi connectivity index (χ3n) is 2.80. The highest BCUT2D eigenvalue weighted by molar-refractivity contribution is 5.91. The molecule has 2 atom stereocenters. The lowest BCUT2D eigenvalue weighted by Crippen LogP contribution is -2.34. The minimum atomic E-state index is -1.42. The second-order valence-corrected chi connectivity index (χ2v) is 4.66. The Bertz CT molecular complexity index is 589. The Morgan fingerprint density at radius 3 is 2.41 bits per heavy atom. The number of aliphatic hydroxyl groups excluding tert-OH is 2. The fraction of sp³-hybridized carbons (Fsp3) is 0.385. The van der Waals surface area contributed by atoms with E-state index in [4.69, 9.17) is 0 Å². The summed E-state index contributed by atoms with van der Waals surface area (Å²) in [5, 5.41) is 35.4. The van der Waals surface area contributed by atoms with Crippen molar-refractivity contribution in [3.63, 3.8) is 0 Å². The van der Waals surface area contributed by atoms with E-state index in [1.54, 1.807) is 0 Å². The molecule has 9 heteroatoms. The van der Waals surface area contributed by atoms with Crippen LogP contribution in [-0.4, -0.2) is 39.6 Å². The summed E-state index contributed by atoms with van der Waals surface area (Å²) in [5.74, 6) is -0.847. The number of hydrogen-bond donors (Lipinski definition) is 4. The molecule has 0 aliphatic heterocycles. The number of nitrogens with zero attached hydrogens (tertiary/aromatic N) is 1. The molecule has 2 unspecified atom stereocenters. The maximum Gasteiger partial charge on any atom is 0.293 e. The van der Waals surface area contributed by atoms with Crippen LogP contribution in [-0.2, 0) is 9.59 Å². The van der Waals surface area contributed by atoms with Crippen LogP contribution < -0.4 is 10.6 Å². The number of nitro benzene ring substituents is 1. The van der Waals surface area contributed by atoms with E-state index in [9.17, 15) is 29.9 Å². The predicted molar refractivity (Wildman–Crippen MR) is 77.1 cm³/mol. The van der Waals surface area contributed by atoms with E-state index in [1.165, 1.54) is 26.0 Å². The summed E-state index contributed by atoms with van der Waals surface area (Å²) in [6.07, 6.45) is -2.74. The molecule has 0 saturated carbocycles. The van der Waals surface area contributed by atoms with Gasteiger partial charge in [0.1, 0.15) is 17.9 Å². The van der Waals surface area contributed by atoms with E-state index in [2.05, 4.69) is 10.6 Å². The van der Waals surface area contributed by atoms with Crippen molar-refractivity contribution in [1.82, 2.24) is 5.32 Å². The lowest BCUT2D eigenvalue weighted by Gasteiger charge is -2.18. The van der Waals surface area contributed by atoms with E-state index < -0.39 is 28.7 Å². The normalized spacial score (nSPS) is 13.1. The van der Waals surface area contributed by atoms with Crippen molar-refractivity contribution in [3.05, 3.63) is 33.9 Å². The number of hydrogen-bond acceptors (Lipinski definition) is 6. The molecule has 1 aromatic carbocycles. The average Bonchev–Trinajstić information content (AvgIpc) is 2.43. The molecule has 0 heterocycles. The molecular weight excluding hydrogens is 294 g/mol. The molecule has 9 nitrogen and oxygen atoms in total. The molecule has 0 bridgehead atoms. The van der Waals surface area contributed by atoms with E-state index in [-0.39, 0.29) is 23.7 Å². The maximum atomic E-state index is 11.0. The van der Waals surface area contributed by atoms with E-state index in [0.717, 1.165) is 6.07 Å². The SMILES string of the molecule is CC(=O)NCC(O)C(O)c1ccc(NC(C)=O)c([N+](=O)[O-])c1. The summed E-state index contributed by atoms with van der Waals surface area (Å²) in [6.45, 7) is 2.27. The zero-order valence-corrected chi connectivity index (χ0v) is 12.1. The summed E-state index contributed by atoms with van der Waals surface area (Å²) in [5.41, 5.74) is -0.318. The van der Waals surface area contributed by atoms with Gasteiger partial charge in [-0.15, -0.1) is 0 Å². The van der Waals surface area contributed by atoms with E-state index in [1.807, 2.05) is 0 Å². The van der Waals surface area contributed by atoms with Gasteiger partial charge in [0, 0.05) is 26.5 Å². The first kappa shape index (κ1) is 17.5. The van der Waals surface area contributed by atoms with Gasteiger partial charge in [0.25, 0.3) is 5.69 Å². The molecular formula is C13H17N3O6. The average molecular weight is 311 g/mol. The number of carbonyl (C=O) groups excluding carboxylic acids is 2. The second kappa shape index (κ2) is 7.48. The molecule has 22 heavy (non-hydrogen) atoms. The van der Waals surface area contributed by atoms with Crippen molar-refractivity contribution in [1.29, 1.82) is 0 Å². The van der Waals surface area contributed by atoms with Crippen molar-refractivity contribution < 1.29 is 24.7 Å². The van der Waals surface area contributed by atoms with Crippen LogP contribution in [0.4, 0.5) is 11.4 Å². The maximum absolute atomic E-state index is 11.0. The Morgan fingerprint density at radius 1 is 1.27 bits per heavy atom. The summed E-state index contributed by atoms with van der Waals surface area (Å²) in [6, 6.07) is 3.68. The minimum absolute atomic E-state index is 0.00944. The Labute approximate surface area is 126 Å². The van der Waals surface area contributed by atoms with Gasteiger partial charge in [-0.2, -0.15) is 0 Å². The fourth-order valence-corrected chi connectivity index (χ4v) is 1.76. The van der Waals surface area contributed by atoms with Gasteiger partial charge in [0.15, 0.2) is 0 Å². The van der Waals surface area contributed by atoms with Crippen LogP contribution in [0.5, 0.6) is 0 Å². The molecule has 0 saturated heterocycles. The van der Waals surface area contributed by atoms with Gasteiger partial charge < -0.3 is 20.8 Å². The van der Waals surface area contributed by atoms with Crippen LogP contribution in [0.1, 0.15) is 25.5 Å². The molecule has 1 rings (SSSR count). The summed E-state index contributed by atoms with van der Waals surface area (Å²) in [7, 11) is 0. The van der Waals surface area contributed by atoms with E-state index in [0.29, 0.717) is 0 Å². The quantitative estimate of drug-likeness (QED) is 0.433. The molecule has 4 N–H and O–H groups in total. The van der Waals surface area contributed by atoms with E-state index >= 15 is 0 Å². The molecule has 0 spiro atoms. The number of benzene rings is 1. The van der Waals surface area contributed by atoms with Crippen molar-refractivity contribution in [3.8, 4) is 0 Å². The first-order chi connectivity index (χ1) is 10.2. The van der Waals surface area contributed by atoms with Gasteiger partial charge in [-0.3, -0.25) is 19.7 Å². The zero-order chi connectivity index (χ0) is 16.9. The molecule has 0 fully saturated rings. The Balaban J connectivity index is 3.00. The van der Waals surface area contributed by atoms with Crippen molar-refractivity contribution in [2.75, 3.05) is 11.9 Å². The largest absolute Gasteiger partial charge is 0.388 e. The van der Waals surface area contributed by atoms with Gasteiger partial charge >= 0.3 is 0 Å². The number of nitrogens with one attached hydrogen (secondary N) is 2. The Kier molecular flexibility index (Phi) is 5.96. The number of rotatable bonds is 6. The lowest BCUT2D eigenvalue weighted by atomic mass is 10.0. The highest BCUT2D eigenvalue weighted by atomic mass is 16.6. The van der Waals surface area contributed by atoms with Gasteiger partial charge in [0.05, 0.1) is 4.92 Å². The summed E-state index contributed by atoms with van der Waals surface area (Å²) >= 11 is 0. The van der Waals surface area contributed by atoms with Crippen LogP contribution in [0.3, 0.4) is 0 Å². The monoisotopic (exact) mass is 311 g/mol. The van der Waals surface area contributed by atoms with Crippen LogP contribution in [0.2, 0.25) is 0 Å². The lowest BCUT2D eigenvalue weighted by molar-refractivity contribution is -0.384. The smallest absolute Gasteiger partial charge is 0.293 e. The highest BCUT2D eigenvalue weighted by Crippen LogP contribution is 2.29. The first-order valence-corrected chi connectivity index (χ1v) is 6.39. The third-order valence-corrected chi connectivity index (χ3v) is 2.80. The fourth-order valence-electron chi connectivity index (χ4n) is 1.76. The van der Waals surface area contributed by atoms with Gasteiger partial charge in [-0.1, -0.05) is 6.07 Å². The number of nitro groups is 1. The molecule has 0 aliphatic rings. The van der Waals surface area contributed by atoms with Crippen LogP contribution in [0.15, 0.2) is 18.2 Å². The van der Waals surface area contributed by atoms with Crippen molar-refractivity contribution in [2.45, 2.75) is 26.1 Å². The highest BCUT2D eigenvalue weighted by Gasteiger charge is 2.23. The zero-order valence-electron chi connectivity index (χ0n) is 12.1. The number of amides is 2. The van der Waals surface area contributed by atoms with Gasteiger partial charge in [-0.05, 0) is 11.6 Å². The van der Waals surface area contributed by atoms with Crippen LogP contribution >= 0.6 is 0 Å². The first-order valence-electron chi connectivity index (χ1n) is 6.39. The number of aliphatic hydroxyl groups is 2. The Hall–Kier alpha value is -2.52. The number of anilines is 1. The third kappa shape index (κ3) is 4.79. The van der Waals surface area contributed by atoms with Crippen molar-refractivity contribution in [2.24, 2.45) is 0 Å². The predicted octanol–water partition coefficient (Wildman–Crippen LogP) is 0.0836. The molecule has 0 aromatic heterocycles. The van der Waals surface area contributed by atoms with Gasteiger partial charge in [0.2, 0.25) is 11.8 Å². The van der Waals surface area contributed by atoms with Crippen LogP contribution in [0, 0.1) is 10.1 Å². The topological polar surface area (TPSA) is 142 Å². The van der Waals surface area contributed by atoms with Crippen LogP contribution in [0.25, 0.3) is 0 Å². The second-order valence-electron chi connectivity index (χ2n) is 4.66. The van der Waals surface area contributed by atoms with Crippen molar-refractivity contribution >= 4 is 23.2 Å². The molecule has 0 aliphatic carbocycles. The minimum Gasteiger partial charge on any atom is -0.388 e. The molecule has 0 radical (unpaired) electrons. The number of carbonyl (C=O) groups is 2. The summed E-state index contributed by atoms with van der Waals surface area (Å²) < 4.78 is 0. The van der Waals surface area contributed by atoms with Gasteiger partial charge in [-0.25, -0.2) is 0 Å². The Morgan fingerprint density at radius 2 is 1.91 bits per heavy atom. The summed E-state index contributed by atoms with van der Waals surface area (Å²) in [4.78, 5) is 32.1. The molecule has 120 valence electrons. The standard InChI is InChI=1S/C13H17N3O6/c1-7(17)14-6-12(19)13(20)9-3-4-10(15-8(2)18)11(5-9)16(21)22/h3-5,12-13,19-20H,6H2,1-2H3,(H,14,17)(H,15,18).